The predicted molar refractivity (Wildman–Crippen MR) is 87.7 cm³/mol. The van der Waals surface area contributed by atoms with Crippen molar-refractivity contribution in [3.63, 3.8) is 0 Å². The van der Waals surface area contributed by atoms with Crippen molar-refractivity contribution in [1.82, 2.24) is 20.4 Å². The number of guanidine groups is 1. The van der Waals surface area contributed by atoms with E-state index in [1.54, 1.807) is 6.20 Å². The fourth-order valence-electron chi connectivity index (χ4n) is 1.39. The molecule has 0 saturated heterocycles. The number of hydrogen-bond donors (Lipinski definition) is 3. The lowest BCUT2D eigenvalue weighted by Gasteiger charge is -2.14. The number of aromatic nitrogens is 2. The van der Waals surface area contributed by atoms with Gasteiger partial charge in [0.15, 0.2) is 5.96 Å². The fraction of sp³-hybridized carbons (Fsp3) is 0.667. The Labute approximate surface area is 131 Å². The molecule has 1 atom stereocenters. The van der Waals surface area contributed by atoms with Crippen molar-refractivity contribution in [3.05, 3.63) is 18.0 Å². The second-order valence-electron chi connectivity index (χ2n) is 4.31. The average Bonchev–Trinajstić information content (AvgIpc) is 2.78. The van der Waals surface area contributed by atoms with E-state index in [-0.39, 0.29) is 36.5 Å². The van der Waals surface area contributed by atoms with E-state index in [1.807, 2.05) is 31.6 Å². The van der Waals surface area contributed by atoms with Gasteiger partial charge in [-0.05, 0) is 18.9 Å². The molecule has 0 bridgehead atoms. The number of halogens is 1. The largest absolute Gasteiger partial charge is 0.396 e. The molecule has 7 heteroatoms. The second-order valence-corrected chi connectivity index (χ2v) is 4.31. The number of aliphatic imine (C=N–C) groups is 1. The van der Waals surface area contributed by atoms with Gasteiger partial charge in [0.2, 0.25) is 0 Å². The molecule has 1 unspecified atom stereocenters. The molecule has 0 saturated carbocycles. The van der Waals surface area contributed by atoms with Crippen LogP contribution in [0.4, 0.5) is 0 Å². The van der Waals surface area contributed by atoms with Crippen molar-refractivity contribution < 1.29 is 5.11 Å². The Balaban J connectivity index is 0.00000324. The third-order valence-corrected chi connectivity index (χ3v) is 2.60. The zero-order chi connectivity index (χ0) is 13.4. The summed E-state index contributed by atoms with van der Waals surface area (Å²) in [7, 11) is 1.90. The summed E-state index contributed by atoms with van der Waals surface area (Å²) < 4.78 is 1.81. The summed E-state index contributed by atoms with van der Waals surface area (Å²) in [5, 5.41) is 19.5. The van der Waals surface area contributed by atoms with E-state index >= 15 is 0 Å². The quantitative estimate of drug-likeness (QED) is 0.386. The first kappa shape index (κ1) is 18.2. The molecule has 1 aromatic rings. The van der Waals surface area contributed by atoms with E-state index in [4.69, 9.17) is 5.11 Å². The second kappa shape index (κ2) is 10.0. The minimum Gasteiger partial charge on any atom is -0.396 e. The highest BCUT2D eigenvalue weighted by Gasteiger charge is 2.03. The summed E-state index contributed by atoms with van der Waals surface area (Å²) in [5.41, 5.74) is 1.06. The average molecular weight is 381 g/mol. The van der Waals surface area contributed by atoms with Crippen LogP contribution in [0.25, 0.3) is 0 Å². The van der Waals surface area contributed by atoms with Gasteiger partial charge in [0.25, 0.3) is 0 Å². The first-order valence-corrected chi connectivity index (χ1v) is 6.27. The molecule has 1 aromatic heterocycles. The number of hydrogen-bond acceptors (Lipinski definition) is 3. The highest BCUT2D eigenvalue weighted by atomic mass is 127. The molecule has 19 heavy (non-hydrogen) atoms. The smallest absolute Gasteiger partial charge is 0.191 e. The van der Waals surface area contributed by atoms with Crippen LogP contribution in [0.5, 0.6) is 0 Å². The van der Waals surface area contributed by atoms with Gasteiger partial charge in [-0.2, -0.15) is 5.10 Å². The van der Waals surface area contributed by atoms with E-state index in [2.05, 4.69) is 20.7 Å². The maximum Gasteiger partial charge on any atom is 0.191 e. The Bertz CT molecular complexity index is 380. The third kappa shape index (κ3) is 6.76. The van der Waals surface area contributed by atoms with Crippen LogP contribution >= 0.6 is 24.0 Å². The van der Waals surface area contributed by atoms with Gasteiger partial charge < -0.3 is 15.7 Å². The minimum atomic E-state index is 0. The Morgan fingerprint density at radius 1 is 1.53 bits per heavy atom. The van der Waals surface area contributed by atoms with Gasteiger partial charge in [-0.25, -0.2) is 4.99 Å². The number of aliphatic hydroxyl groups is 1. The zero-order valence-electron chi connectivity index (χ0n) is 11.8. The molecule has 1 heterocycles. The highest BCUT2D eigenvalue weighted by Crippen LogP contribution is 1.98. The van der Waals surface area contributed by atoms with E-state index in [9.17, 15) is 0 Å². The van der Waals surface area contributed by atoms with Gasteiger partial charge in [-0.15, -0.1) is 24.0 Å². The van der Waals surface area contributed by atoms with Gasteiger partial charge >= 0.3 is 0 Å². The van der Waals surface area contributed by atoms with Gasteiger partial charge in [0.05, 0.1) is 12.2 Å². The van der Waals surface area contributed by atoms with Gasteiger partial charge in [0, 0.05) is 32.9 Å². The molecule has 0 radical (unpaired) electrons. The number of nitrogens with zero attached hydrogens (tertiary/aromatic N) is 3. The molecule has 110 valence electrons. The molecule has 3 N–H and O–H groups in total. The van der Waals surface area contributed by atoms with Crippen molar-refractivity contribution in [2.24, 2.45) is 18.0 Å². The first-order valence-electron chi connectivity index (χ1n) is 6.27. The molecule has 0 amide bonds. The molecule has 0 aromatic carbocycles. The third-order valence-electron chi connectivity index (χ3n) is 2.60. The summed E-state index contributed by atoms with van der Waals surface area (Å²) in [6.45, 7) is 6.28. The molecular formula is C12H24IN5O. The van der Waals surface area contributed by atoms with Crippen molar-refractivity contribution >= 4 is 29.9 Å². The van der Waals surface area contributed by atoms with Crippen molar-refractivity contribution in [2.45, 2.75) is 20.4 Å². The SMILES string of the molecule is CCNC(=NCc1ccnn1C)NCC(C)CO.I. The van der Waals surface area contributed by atoms with Crippen LogP contribution in [-0.2, 0) is 13.6 Å². The van der Waals surface area contributed by atoms with Crippen LogP contribution in [0.15, 0.2) is 17.3 Å². The van der Waals surface area contributed by atoms with Crippen LogP contribution in [0.2, 0.25) is 0 Å². The van der Waals surface area contributed by atoms with Gasteiger partial charge in [-0.3, -0.25) is 4.68 Å². The number of aryl methyl sites for hydroxylation is 1. The summed E-state index contributed by atoms with van der Waals surface area (Å²) in [5.74, 6) is 0.976. The molecular weight excluding hydrogens is 357 g/mol. The van der Waals surface area contributed by atoms with Crippen molar-refractivity contribution in [3.8, 4) is 0 Å². The monoisotopic (exact) mass is 381 g/mol. The van der Waals surface area contributed by atoms with Crippen LogP contribution < -0.4 is 10.6 Å². The molecule has 0 aliphatic heterocycles. The van der Waals surface area contributed by atoms with Crippen LogP contribution in [0, 0.1) is 5.92 Å². The standard InChI is InChI=1S/C12H23N5O.HI/c1-4-13-12(14-7-10(2)9-18)15-8-11-5-6-16-17(11)3;/h5-6,10,18H,4,7-9H2,1-3H3,(H2,13,14,15);1H. The Morgan fingerprint density at radius 2 is 2.26 bits per heavy atom. The molecule has 1 rings (SSSR count). The van der Waals surface area contributed by atoms with Crippen LogP contribution in [0.3, 0.4) is 0 Å². The molecule has 0 fully saturated rings. The molecule has 0 aliphatic carbocycles. The van der Waals surface area contributed by atoms with Gasteiger partial charge in [-0.1, -0.05) is 6.92 Å². The first-order chi connectivity index (χ1) is 8.67. The Hall–Kier alpha value is -0.830. The predicted octanol–water partition coefficient (Wildman–Crippen LogP) is 0.722. The van der Waals surface area contributed by atoms with Crippen molar-refractivity contribution in [2.75, 3.05) is 19.7 Å². The number of aliphatic hydroxyl groups excluding tert-OH is 1. The lowest BCUT2D eigenvalue weighted by molar-refractivity contribution is 0.238. The van der Waals surface area contributed by atoms with Crippen LogP contribution in [0.1, 0.15) is 19.5 Å². The zero-order valence-corrected chi connectivity index (χ0v) is 14.1. The van der Waals surface area contributed by atoms with E-state index in [1.165, 1.54) is 0 Å². The Morgan fingerprint density at radius 3 is 2.79 bits per heavy atom. The summed E-state index contributed by atoms with van der Waals surface area (Å²) in [6, 6.07) is 1.95. The fourth-order valence-corrected chi connectivity index (χ4v) is 1.39. The van der Waals surface area contributed by atoms with Crippen molar-refractivity contribution in [1.29, 1.82) is 0 Å². The van der Waals surface area contributed by atoms with E-state index in [0.29, 0.717) is 13.1 Å². The number of rotatable bonds is 6. The minimum absolute atomic E-state index is 0. The van der Waals surface area contributed by atoms with Gasteiger partial charge in [0.1, 0.15) is 0 Å². The lowest BCUT2D eigenvalue weighted by atomic mass is 10.2. The number of nitrogens with one attached hydrogen (secondary N) is 2. The normalized spacial score (nSPS) is 12.7. The lowest BCUT2D eigenvalue weighted by Crippen LogP contribution is -2.40. The maximum absolute atomic E-state index is 8.98. The summed E-state index contributed by atoms with van der Waals surface area (Å²) >= 11 is 0. The highest BCUT2D eigenvalue weighted by molar-refractivity contribution is 14.0. The van der Waals surface area contributed by atoms with E-state index < -0.39 is 0 Å². The van der Waals surface area contributed by atoms with E-state index in [0.717, 1.165) is 18.2 Å². The summed E-state index contributed by atoms with van der Waals surface area (Å²) in [6.07, 6.45) is 1.76. The molecule has 6 nitrogen and oxygen atoms in total. The maximum atomic E-state index is 8.98. The topological polar surface area (TPSA) is 74.5 Å². The molecule has 0 spiro atoms. The molecule has 0 aliphatic rings. The summed E-state index contributed by atoms with van der Waals surface area (Å²) in [4.78, 5) is 4.47. The Kier molecular flexibility index (Phi) is 9.58. The van der Waals surface area contributed by atoms with Crippen LogP contribution in [-0.4, -0.2) is 40.5 Å².